The van der Waals surface area contributed by atoms with Crippen LogP contribution in [-0.2, 0) is 15.9 Å². The van der Waals surface area contributed by atoms with Gasteiger partial charge in [-0.2, -0.15) is 5.10 Å². The zero-order valence-electron chi connectivity index (χ0n) is 8.67. The highest BCUT2D eigenvalue weighted by molar-refractivity contribution is 9.10. The van der Waals surface area contributed by atoms with E-state index in [9.17, 15) is 4.79 Å². The Kier molecular flexibility index (Phi) is 4.77. The SMILES string of the molecule is CCOC(=O)c1n[nH]c(CCOC)c1Br. The molecule has 1 aromatic heterocycles. The number of hydrogen-bond donors (Lipinski definition) is 1. The molecule has 0 radical (unpaired) electrons. The molecule has 1 N–H and O–H groups in total. The topological polar surface area (TPSA) is 64.2 Å². The summed E-state index contributed by atoms with van der Waals surface area (Å²) in [6, 6.07) is 0. The minimum atomic E-state index is -0.427. The standard InChI is InChI=1S/C9H13BrN2O3/c1-3-15-9(13)8-7(10)6(11-12-8)4-5-14-2/h3-5H2,1-2H3,(H,11,12). The molecular formula is C9H13BrN2O3. The molecule has 0 atom stereocenters. The molecule has 0 aliphatic heterocycles. The van der Waals surface area contributed by atoms with Gasteiger partial charge in [0.1, 0.15) is 0 Å². The van der Waals surface area contributed by atoms with E-state index >= 15 is 0 Å². The number of nitrogens with zero attached hydrogens (tertiary/aromatic N) is 1. The number of halogens is 1. The lowest BCUT2D eigenvalue weighted by Crippen LogP contribution is -2.05. The summed E-state index contributed by atoms with van der Waals surface area (Å²) in [5, 5.41) is 6.66. The van der Waals surface area contributed by atoms with E-state index in [1.807, 2.05) is 0 Å². The smallest absolute Gasteiger partial charge is 0.360 e. The Morgan fingerprint density at radius 3 is 2.93 bits per heavy atom. The van der Waals surface area contributed by atoms with Crippen molar-refractivity contribution in [1.82, 2.24) is 10.2 Å². The van der Waals surface area contributed by atoms with E-state index in [0.29, 0.717) is 24.1 Å². The predicted molar refractivity (Wildman–Crippen MR) is 57.8 cm³/mol. The number of hydrogen-bond acceptors (Lipinski definition) is 4. The summed E-state index contributed by atoms with van der Waals surface area (Å²) >= 11 is 3.30. The minimum Gasteiger partial charge on any atom is -0.461 e. The van der Waals surface area contributed by atoms with Crippen molar-refractivity contribution < 1.29 is 14.3 Å². The average molecular weight is 277 g/mol. The average Bonchev–Trinajstić information content (AvgIpc) is 2.57. The molecular weight excluding hydrogens is 264 g/mol. The molecule has 1 rings (SSSR count). The third-order valence-electron chi connectivity index (χ3n) is 1.80. The number of carbonyl (C=O) groups excluding carboxylic acids is 1. The fraction of sp³-hybridized carbons (Fsp3) is 0.556. The Bertz CT molecular complexity index is 338. The normalized spacial score (nSPS) is 10.3. The number of aromatic amines is 1. The number of aromatic nitrogens is 2. The predicted octanol–water partition coefficient (Wildman–Crippen LogP) is 1.54. The molecule has 0 aliphatic rings. The third kappa shape index (κ3) is 3.04. The van der Waals surface area contributed by atoms with Crippen LogP contribution in [0.5, 0.6) is 0 Å². The van der Waals surface area contributed by atoms with Crippen LogP contribution in [0.3, 0.4) is 0 Å². The molecule has 15 heavy (non-hydrogen) atoms. The molecule has 0 amide bonds. The first kappa shape index (κ1) is 12.2. The second kappa shape index (κ2) is 5.87. The monoisotopic (exact) mass is 276 g/mol. The number of esters is 1. The highest BCUT2D eigenvalue weighted by atomic mass is 79.9. The van der Waals surface area contributed by atoms with E-state index in [0.717, 1.165) is 5.69 Å². The van der Waals surface area contributed by atoms with E-state index < -0.39 is 5.97 Å². The first-order valence-electron chi connectivity index (χ1n) is 4.59. The van der Waals surface area contributed by atoms with Gasteiger partial charge in [0.15, 0.2) is 5.69 Å². The Labute approximate surface area is 96.3 Å². The lowest BCUT2D eigenvalue weighted by Gasteiger charge is -1.99. The van der Waals surface area contributed by atoms with Crippen LogP contribution >= 0.6 is 15.9 Å². The van der Waals surface area contributed by atoms with Gasteiger partial charge in [0, 0.05) is 13.5 Å². The van der Waals surface area contributed by atoms with E-state index in [1.54, 1.807) is 14.0 Å². The molecule has 0 spiro atoms. The number of carbonyl (C=O) groups is 1. The van der Waals surface area contributed by atoms with E-state index in [4.69, 9.17) is 9.47 Å². The van der Waals surface area contributed by atoms with Crippen LogP contribution in [-0.4, -0.2) is 36.5 Å². The summed E-state index contributed by atoms with van der Waals surface area (Å²) in [6.07, 6.45) is 0.670. The second-order valence-corrected chi connectivity index (χ2v) is 3.62. The Balaban J connectivity index is 2.74. The van der Waals surface area contributed by atoms with E-state index in [-0.39, 0.29) is 5.69 Å². The maximum absolute atomic E-state index is 11.4. The summed E-state index contributed by atoms with van der Waals surface area (Å²) in [5.74, 6) is -0.427. The first-order chi connectivity index (χ1) is 7.20. The van der Waals surface area contributed by atoms with Crippen molar-refractivity contribution in [1.29, 1.82) is 0 Å². The van der Waals surface area contributed by atoms with Crippen LogP contribution in [0.1, 0.15) is 23.1 Å². The molecule has 0 bridgehead atoms. The summed E-state index contributed by atoms with van der Waals surface area (Å²) in [5.41, 5.74) is 1.11. The molecule has 0 aromatic carbocycles. The molecule has 0 saturated heterocycles. The molecule has 0 saturated carbocycles. The van der Waals surface area contributed by atoms with Gasteiger partial charge in [-0.25, -0.2) is 4.79 Å². The van der Waals surface area contributed by atoms with Gasteiger partial charge in [0.2, 0.25) is 0 Å². The Morgan fingerprint density at radius 1 is 1.60 bits per heavy atom. The number of ether oxygens (including phenoxy) is 2. The summed E-state index contributed by atoms with van der Waals surface area (Å²) < 4.78 is 10.4. The van der Waals surface area contributed by atoms with Crippen molar-refractivity contribution in [2.45, 2.75) is 13.3 Å². The number of nitrogens with one attached hydrogen (secondary N) is 1. The van der Waals surface area contributed by atoms with Crippen molar-refractivity contribution in [3.8, 4) is 0 Å². The molecule has 5 nitrogen and oxygen atoms in total. The van der Waals surface area contributed by atoms with Crippen LogP contribution in [0.2, 0.25) is 0 Å². The molecule has 6 heteroatoms. The van der Waals surface area contributed by atoms with Gasteiger partial charge in [-0.3, -0.25) is 5.10 Å². The Morgan fingerprint density at radius 2 is 2.33 bits per heavy atom. The van der Waals surface area contributed by atoms with Crippen molar-refractivity contribution in [2.75, 3.05) is 20.3 Å². The number of rotatable bonds is 5. The zero-order valence-corrected chi connectivity index (χ0v) is 10.3. The van der Waals surface area contributed by atoms with Crippen molar-refractivity contribution in [2.24, 2.45) is 0 Å². The van der Waals surface area contributed by atoms with Gasteiger partial charge in [0.25, 0.3) is 0 Å². The molecule has 0 aliphatic carbocycles. The molecule has 84 valence electrons. The van der Waals surface area contributed by atoms with E-state index in [2.05, 4.69) is 26.1 Å². The fourth-order valence-electron chi connectivity index (χ4n) is 1.07. The molecule has 1 aromatic rings. The van der Waals surface area contributed by atoms with Crippen LogP contribution in [0.15, 0.2) is 4.47 Å². The van der Waals surface area contributed by atoms with Crippen LogP contribution in [0.4, 0.5) is 0 Å². The highest BCUT2D eigenvalue weighted by Gasteiger charge is 2.18. The summed E-state index contributed by atoms with van der Waals surface area (Å²) in [7, 11) is 1.62. The Hall–Kier alpha value is -0.880. The van der Waals surface area contributed by atoms with E-state index in [1.165, 1.54) is 0 Å². The highest BCUT2D eigenvalue weighted by Crippen LogP contribution is 2.20. The maximum atomic E-state index is 11.4. The van der Waals surface area contributed by atoms with Gasteiger partial charge >= 0.3 is 5.97 Å². The van der Waals surface area contributed by atoms with Crippen molar-refractivity contribution in [3.63, 3.8) is 0 Å². The zero-order chi connectivity index (χ0) is 11.3. The van der Waals surface area contributed by atoms with Gasteiger partial charge in [-0.1, -0.05) is 0 Å². The third-order valence-corrected chi connectivity index (χ3v) is 2.65. The number of H-pyrrole nitrogens is 1. The van der Waals surface area contributed by atoms with Gasteiger partial charge < -0.3 is 9.47 Å². The van der Waals surface area contributed by atoms with Crippen molar-refractivity contribution >= 4 is 21.9 Å². The van der Waals surface area contributed by atoms with Crippen molar-refractivity contribution in [3.05, 3.63) is 15.9 Å². The maximum Gasteiger partial charge on any atom is 0.360 e. The van der Waals surface area contributed by atoms with Gasteiger partial charge in [-0.15, -0.1) is 0 Å². The molecule has 0 unspecified atom stereocenters. The fourth-order valence-corrected chi connectivity index (χ4v) is 1.61. The van der Waals surface area contributed by atoms with Gasteiger partial charge in [-0.05, 0) is 22.9 Å². The lowest BCUT2D eigenvalue weighted by atomic mass is 10.3. The van der Waals surface area contributed by atoms with Crippen LogP contribution in [0.25, 0.3) is 0 Å². The van der Waals surface area contributed by atoms with Crippen LogP contribution in [0, 0.1) is 0 Å². The largest absolute Gasteiger partial charge is 0.461 e. The molecule has 1 heterocycles. The lowest BCUT2D eigenvalue weighted by molar-refractivity contribution is 0.0518. The molecule has 0 fully saturated rings. The summed E-state index contributed by atoms with van der Waals surface area (Å²) in [6.45, 7) is 2.67. The second-order valence-electron chi connectivity index (χ2n) is 2.83. The minimum absolute atomic E-state index is 0.281. The quantitative estimate of drug-likeness (QED) is 0.829. The first-order valence-corrected chi connectivity index (χ1v) is 5.38. The summed E-state index contributed by atoms with van der Waals surface area (Å²) in [4.78, 5) is 11.4. The van der Waals surface area contributed by atoms with Crippen LogP contribution < -0.4 is 0 Å². The van der Waals surface area contributed by atoms with Gasteiger partial charge in [0.05, 0.1) is 23.4 Å². The number of methoxy groups -OCH3 is 1.